The van der Waals surface area contributed by atoms with Crippen LogP contribution in [0.3, 0.4) is 0 Å². The average Bonchev–Trinajstić information content (AvgIpc) is 2.38. The molecule has 7 nitrogen and oxygen atoms in total. The van der Waals surface area contributed by atoms with Crippen LogP contribution in [0.25, 0.3) is 11.1 Å². The van der Waals surface area contributed by atoms with Crippen LogP contribution in [0.5, 0.6) is 0 Å². The molecule has 23 heavy (non-hydrogen) atoms. The van der Waals surface area contributed by atoms with Crippen LogP contribution in [0.1, 0.15) is 11.1 Å². The summed E-state index contributed by atoms with van der Waals surface area (Å²) in [6.45, 7) is 3.18. The molecule has 0 aliphatic carbocycles. The molecule has 124 valence electrons. The first-order valence-corrected chi connectivity index (χ1v) is 9.25. The van der Waals surface area contributed by atoms with Crippen LogP contribution in [-0.4, -0.2) is 25.9 Å². The number of rotatable bonds is 3. The van der Waals surface area contributed by atoms with E-state index in [-0.39, 0.29) is 21.0 Å². The second kappa shape index (κ2) is 5.60. The van der Waals surface area contributed by atoms with Gasteiger partial charge in [-0.25, -0.2) is 0 Å². The summed E-state index contributed by atoms with van der Waals surface area (Å²) in [5.41, 5.74) is 7.68. The Kier molecular flexibility index (Phi) is 4.24. The highest BCUT2D eigenvalue weighted by molar-refractivity contribution is 7.86. The molecule has 0 amide bonds. The van der Waals surface area contributed by atoms with Crippen LogP contribution < -0.4 is 5.73 Å². The van der Waals surface area contributed by atoms with Gasteiger partial charge in [0.05, 0.1) is 9.79 Å². The van der Waals surface area contributed by atoms with Gasteiger partial charge in [-0.15, -0.1) is 0 Å². The van der Waals surface area contributed by atoms with Gasteiger partial charge in [-0.2, -0.15) is 16.8 Å². The average molecular weight is 357 g/mol. The second-order valence-corrected chi connectivity index (χ2v) is 8.03. The molecular formula is C14H15NO6S2. The Hall–Kier alpha value is -1.94. The summed E-state index contributed by atoms with van der Waals surface area (Å²) in [4.78, 5) is -0.684. The maximum Gasteiger partial charge on any atom is 0.294 e. The van der Waals surface area contributed by atoms with E-state index in [2.05, 4.69) is 0 Å². The van der Waals surface area contributed by atoms with Gasteiger partial charge in [0, 0.05) is 11.3 Å². The zero-order valence-corrected chi connectivity index (χ0v) is 13.9. The largest absolute Gasteiger partial charge is 0.398 e. The molecule has 0 aliphatic rings. The van der Waals surface area contributed by atoms with Gasteiger partial charge in [0.15, 0.2) is 0 Å². The molecule has 4 N–H and O–H groups in total. The molecule has 0 aliphatic heterocycles. The number of hydrogen-bond donors (Lipinski definition) is 3. The lowest BCUT2D eigenvalue weighted by Gasteiger charge is -2.12. The summed E-state index contributed by atoms with van der Waals surface area (Å²) in [6, 6.07) is 6.41. The summed E-state index contributed by atoms with van der Waals surface area (Å²) in [6.07, 6.45) is 0. The SMILES string of the molecule is Cc1cc(-c2cc(S(=O)(=O)O)cc(C)c2N)cc(S(=O)(=O)O)c1. The van der Waals surface area contributed by atoms with Gasteiger partial charge < -0.3 is 5.73 Å². The normalized spacial score (nSPS) is 12.3. The van der Waals surface area contributed by atoms with Crippen molar-refractivity contribution in [2.24, 2.45) is 0 Å². The second-order valence-electron chi connectivity index (χ2n) is 5.19. The van der Waals surface area contributed by atoms with Gasteiger partial charge in [0.25, 0.3) is 20.2 Å². The highest BCUT2D eigenvalue weighted by Gasteiger charge is 2.18. The lowest BCUT2D eigenvalue weighted by molar-refractivity contribution is 0.480. The molecule has 0 fully saturated rings. The van der Waals surface area contributed by atoms with Crippen LogP contribution in [0.15, 0.2) is 40.1 Å². The van der Waals surface area contributed by atoms with E-state index < -0.39 is 20.2 Å². The van der Waals surface area contributed by atoms with E-state index in [1.54, 1.807) is 19.9 Å². The highest BCUT2D eigenvalue weighted by Crippen LogP contribution is 2.33. The van der Waals surface area contributed by atoms with E-state index in [1.807, 2.05) is 0 Å². The van der Waals surface area contributed by atoms with Crippen LogP contribution in [-0.2, 0) is 20.2 Å². The van der Waals surface area contributed by atoms with Crippen molar-refractivity contribution >= 4 is 25.9 Å². The first-order valence-electron chi connectivity index (χ1n) is 6.37. The topological polar surface area (TPSA) is 135 Å². The minimum absolute atomic E-state index is 0.240. The maximum absolute atomic E-state index is 11.4. The minimum Gasteiger partial charge on any atom is -0.398 e. The number of benzene rings is 2. The van der Waals surface area contributed by atoms with Crippen molar-refractivity contribution in [3.05, 3.63) is 41.5 Å². The molecule has 0 unspecified atom stereocenters. The third-order valence-electron chi connectivity index (χ3n) is 3.32. The van der Waals surface area contributed by atoms with Crippen LogP contribution in [0.4, 0.5) is 5.69 Å². The molecule has 0 aromatic heterocycles. The molecule has 0 saturated carbocycles. The van der Waals surface area contributed by atoms with Gasteiger partial charge >= 0.3 is 0 Å². The Balaban J connectivity index is 2.82. The molecule has 2 rings (SSSR count). The molecule has 0 radical (unpaired) electrons. The molecule has 0 bridgehead atoms. The van der Waals surface area contributed by atoms with Gasteiger partial charge in [-0.1, -0.05) is 6.07 Å². The summed E-state index contributed by atoms with van der Waals surface area (Å²) < 4.78 is 63.8. The van der Waals surface area contributed by atoms with Crippen LogP contribution in [0.2, 0.25) is 0 Å². The van der Waals surface area contributed by atoms with Gasteiger partial charge in [0.2, 0.25) is 0 Å². The fraction of sp³-hybridized carbons (Fsp3) is 0.143. The van der Waals surface area contributed by atoms with E-state index in [4.69, 9.17) is 5.73 Å². The first kappa shape index (κ1) is 17.4. The minimum atomic E-state index is -4.44. The zero-order chi connectivity index (χ0) is 17.6. The molecule has 0 spiro atoms. The Bertz CT molecular complexity index is 994. The molecular weight excluding hydrogens is 342 g/mol. The lowest BCUT2D eigenvalue weighted by atomic mass is 9.99. The van der Waals surface area contributed by atoms with Crippen molar-refractivity contribution < 1.29 is 25.9 Å². The van der Waals surface area contributed by atoms with Crippen molar-refractivity contribution in [2.75, 3.05) is 5.73 Å². The standard InChI is InChI=1S/C14H15NO6S2/c1-8-3-10(6-11(4-8)22(16,17)18)13-7-12(23(19,20)21)5-9(2)14(13)15/h3-7H,15H2,1-2H3,(H,16,17,18)(H,19,20,21). The fourth-order valence-electron chi connectivity index (χ4n) is 2.21. The number of aryl methyl sites for hydroxylation is 2. The molecule has 0 atom stereocenters. The molecule has 0 heterocycles. The smallest absolute Gasteiger partial charge is 0.294 e. The summed E-state index contributed by atoms with van der Waals surface area (Å²) in [7, 11) is -8.87. The van der Waals surface area contributed by atoms with E-state index >= 15 is 0 Å². The fourth-order valence-corrected chi connectivity index (χ4v) is 3.41. The predicted octanol–water partition coefficient (Wildman–Crippen LogP) is 2.05. The van der Waals surface area contributed by atoms with Crippen LogP contribution in [0, 0.1) is 13.8 Å². The summed E-state index contributed by atoms with van der Waals surface area (Å²) in [5, 5.41) is 0. The third kappa shape index (κ3) is 3.70. The number of nitrogens with two attached hydrogens (primary N) is 1. The van der Waals surface area contributed by atoms with Crippen LogP contribution >= 0.6 is 0 Å². The Labute approximate surface area is 134 Å². The number of nitrogen functional groups attached to an aromatic ring is 1. The van der Waals surface area contributed by atoms with E-state index in [0.29, 0.717) is 16.7 Å². The van der Waals surface area contributed by atoms with E-state index in [0.717, 1.165) is 6.07 Å². The molecule has 9 heteroatoms. The molecule has 0 saturated heterocycles. The third-order valence-corrected chi connectivity index (χ3v) is 4.98. The highest BCUT2D eigenvalue weighted by atomic mass is 32.2. The Morgan fingerprint density at radius 2 is 1.35 bits per heavy atom. The van der Waals surface area contributed by atoms with Crippen molar-refractivity contribution in [1.29, 1.82) is 0 Å². The lowest BCUT2D eigenvalue weighted by Crippen LogP contribution is -2.03. The van der Waals surface area contributed by atoms with Crippen molar-refractivity contribution in [3.63, 3.8) is 0 Å². The van der Waals surface area contributed by atoms with Crippen molar-refractivity contribution in [1.82, 2.24) is 0 Å². The van der Waals surface area contributed by atoms with E-state index in [9.17, 15) is 25.9 Å². The first-order chi connectivity index (χ1) is 10.4. The monoisotopic (exact) mass is 357 g/mol. The van der Waals surface area contributed by atoms with E-state index in [1.165, 1.54) is 18.2 Å². The molecule has 2 aromatic rings. The van der Waals surface area contributed by atoms with Gasteiger partial charge in [-0.05, 0) is 54.8 Å². The summed E-state index contributed by atoms with van der Waals surface area (Å²) >= 11 is 0. The maximum atomic E-state index is 11.4. The Morgan fingerprint density at radius 3 is 1.87 bits per heavy atom. The zero-order valence-electron chi connectivity index (χ0n) is 12.3. The molecule has 2 aromatic carbocycles. The summed E-state index contributed by atoms with van der Waals surface area (Å²) in [5.74, 6) is 0. The number of anilines is 1. The van der Waals surface area contributed by atoms with Gasteiger partial charge in [-0.3, -0.25) is 9.11 Å². The van der Waals surface area contributed by atoms with Crippen molar-refractivity contribution in [3.8, 4) is 11.1 Å². The quantitative estimate of drug-likeness (QED) is 0.565. The van der Waals surface area contributed by atoms with Crippen molar-refractivity contribution in [2.45, 2.75) is 23.6 Å². The van der Waals surface area contributed by atoms with Gasteiger partial charge in [0.1, 0.15) is 0 Å². The predicted molar refractivity (Wildman–Crippen MR) is 85.4 cm³/mol. The Morgan fingerprint density at radius 1 is 0.826 bits per heavy atom. The number of hydrogen-bond acceptors (Lipinski definition) is 5.